The Morgan fingerprint density at radius 3 is 2.58 bits per heavy atom. The van der Waals surface area contributed by atoms with Gasteiger partial charge in [0, 0.05) is 11.8 Å². The Morgan fingerprint density at radius 2 is 1.97 bits per heavy atom. The second kappa shape index (κ2) is 7.37. The van der Waals surface area contributed by atoms with Crippen molar-refractivity contribution in [3.63, 3.8) is 0 Å². The normalized spacial score (nSPS) is 42.5. The largest absolute Gasteiger partial charge is 0.507 e. The molecule has 0 unspecified atom stereocenters. The number of aliphatic hydroxyl groups is 2. The Balaban J connectivity index is 1.53. The number of carbonyl (C=O) groups excluding carboxylic acids is 3. The molecule has 4 aliphatic heterocycles. The van der Waals surface area contributed by atoms with Crippen molar-refractivity contribution in [3.05, 3.63) is 35.1 Å². The van der Waals surface area contributed by atoms with Gasteiger partial charge in [-0.1, -0.05) is 31.6 Å². The molecule has 3 N–H and O–H groups in total. The van der Waals surface area contributed by atoms with E-state index in [1.807, 2.05) is 26.8 Å². The van der Waals surface area contributed by atoms with Crippen molar-refractivity contribution in [1.29, 1.82) is 0 Å². The van der Waals surface area contributed by atoms with Gasteiger partial charge < -0.3 is 29.7 Å². The first-order valence-electron chi connectivity index (χ1n) is 10.3. The van der Waals surface area contributed by atoms with Gasteiger partial charge in [-0.15, -0.1) is 0 Å². The van der Waals surface area contributed by atoms with Gasteiger partial charge in [0.2, 0.25) is 5.79 Å². The van der Waals surface area contributed by atoms with Crippen LogP contribution in [0.5, 0.6) is 0 Å². The minimum Gasteiger partial charge on any atom is -0.507 e. The van der Waals surface area contributed by atoms with Crippen molar-refractivity contribution in [2.45, 2.75) is 57.4 Å². The highest BCUT2D eigenvalue weighted by Crippen LogP contribution is 2.57. The quantitative estimate of drug-likeness (QED) is 0.187. The summed E-state index contributed by atoms with van der Waals surface area (Å²) in [5, 5.41) is 22.3. The maximum absolute atomic E-state index is 12.7. The monoisotopic (exact) mass is 433 g/mol. The molecule has 0 saturated carbocycles. The van der Waals surface area contributed by atoms with Crippen molar-refractivity contribution in [1.82, 2.24) is 5.32 Å². The summed E-state index contributed by atoms with van der Waals surface area (Å²) >= 11 is 0. The second-order valence-corrected chi connectivity index (χ2v) is 8.84. The number of amides is 1. The lowest BCUT2D eigenvalue weighted by atomic mass is 9.78. The third-order valence-electron chi connectivity index (χ3n) is 6.67. The number of ketones is 2. The van der Waals surface area contributed by atoms with Crippen LogP contribution in [-0.4, -0.2) is 70.5 Å². The highest BCUT2D eigenvalue weighted by molar-refractivity contribution is 6.25. The summed E-state index contributed by atoms with van der Waals surface area (Å²) in [5.41, 5.74) is -0.637. The smallest absolute Gasteiger partial charge is 0.259 e. The van der Waals surface area contributed by atoms with E-state index in [-0.39, 0.29) is 48.2 Å². The number of hydrogen-bond acceptors (Lipinski definition) is 8. The zero-order chi connectivity index (χ0) is 22.7. The van der Waals surface area contributed by atoms with Crippen LogP contribution in [0.3, 0.4) is 0 Å². The van der Waals surface area contributed by atoms with Gasteiger partial charge in [0.15, 0.2) is 23.3 Å². The molecule has 2 bridgehead atoms. The number of rotatable bonds is 5. The summed E-state index contributed by atoms with van der Waals surface area (Å²) < 4.78 is 17.8. The van der Waals surface area contributed by atoms with E-state index in [2.05, 4.69) is 5.32 Å². The number of fused-ring (bicyclic) bond motifs is 4. The molecule has 0 aromatic carbocycles. The molecule has 4 heterocycles. The number of ether oxygens (including phenoxy) is 3. The number of hydrogen-bond donors (Lipinski definition) is 3. The van der Waals surface area contributed by atoms with Gasteiger partial charge >= 0.3 is 0 Å². The van der Waals surface area contributed by atoms with Crippen LogP contribution >= 0.6 is 0 Å². The molecule has 4 fully saturated rings. The van der Waals surface area contributed by atoms with Crippen LogP contribution in [0.1, 0.15) is 27.7 Å². The first kappa shape index (κ1) is 21.9. The Kier molecular flexibility index (Phi) is 5.20. The van der Waals surface area contributed by atoms with Gasteiger partial charge in [-0.3, -0.25) is 14.4 Å². The fourth-order valence-electron chi connectivity index (χ4n) is 4.82. The van der Waals surface area contributed by atoms with Crippen LogP contribution in [0.2, 0.25) is 0 Å². The SMILES string of the molecule is CC(/C=C/C(O)=C1/C(=O)CNC1=O)=C\[C@@H](C)[C@H]1O[C@@]2(C)O[C@@H](C(=O)[C@@H]3O[C@@]32CO)[C@@H]1C. The molecular formula is C22H27NO8. The standard InChI is InChI=1S/C22H27NO8/c1-10(5-6-13(25)15-14(26)8-23-20(15)28)7-11(2)17-12(3)18-16(27)19-22(9-24,31-19)21(4,29-17)30-18/h5-7,11-12,17-19,24-25H,8-9H2,1-4H3,(H,23,28)/b6-5+,10-7+,15-13+/t11-,12-,17-,18-,19+,21+,22+/m1/s1. The van der Waals surface area contributed by atoms with Crippen molar-refractivity contribution in [3.8, 4) is 0 Å². The maximum Gasteiger partial charge on any atom is 0.259 e. The fraction of sp³-hybridized carbons (Fsp3) is 0.591. The van der Waals surface area contributed by atoms with Crippen LogP contribution in [0.4, 0.5) is 0 Å². The van der Waals surface area contributed by atoms with Crippen molar-refractivity contribution < 1.29 is 38.8 Å². The van der Waals surface area contributed by atoms with Crippen LogP contribution in [0.25, 0.3) is 0 Å². The molecule has 168 valence electrons. The van der Waals surface area contributed by atoms with Crippen molar-refractivity contribution in [2.75, 3.05) is 13.2 Å². The summed E-state index contributed by atoms with van der Waals surface area (Å²) in [7, 11) is 0. The first-order valence-corrected chi connectivity index (χ1v) is 10.3. The minimum atomic E-state index is -1.23. The van der Waals surface area contributed by atoms with Crippen LogP contribution in [0, 0.1) is 11.8 Å². The van der Waals surface area contributed by atoms with Gasteiger partial charge in [0.05, 0.1) is 19.3 Å². The molecule has 0 aromatic heterocycles. The average Bonchev–Trinajstić information content (AvgIpc) is 3.40. The Bertz CT molecular complexity index is 918. The highest BCUT2D eigenvalue weighted by atomic mass is 16.8. The van der Waals surface area contributed by atoms with Crippen molar-refractivity contribution in [2.24, 2.45) is 11.8 Å². The molecule has 31 heavy (non-hydrogen) atoms. The predicted octanol–water partition coefficient (Wildman–Crippen LogP) is 0.485. The molecule has 0 aromatic rings. The van der Waals surface area contributed by atoms with E-state index in [0.29, 0.717) is 0 Å². The maximum atomic E-state index is 12.7. The lowest BCUT2D eigenvalue weighted by Gasteiger charge is -2.51. The van der Waals surface area contributed by atoms with Crippen molar-refractivity contribution >= 4 is 17.5 Å². The lowest BCUT2D eigenvalue weighted by molar-refractivity contribution is -0.355. The Hall–Kier alpha value is -2.33. The van der Waals surface area contributed by atoms with Crippen LogP contribution in [-0.2, 0) is 28.6 Å². The molecule has 0 spiro atoms. The van der Waals surface area contributed by atoms with E-state index in [4.69, 9.17) is 14.2 Å². The molecule has 4 aliphatic rings. The number of epoxide rings is 1. The number of carbonyl (C=O) groups is 3. The Morgan fingerprint density at radius 1 is 1.26 bits per heavy atom. The molecule has 7 atom stereocenters. The van der Waals surface area contributed by atoms with E-state index < -0.39 is 35.3 Å². The van der Waals surface area contributed by atoms with E-state index in [0.717, 1.165) is 5.57 Å². The predicted molar refractivity (Wildman–Crippen MR) is 107 cm³/mol. The number of Topliss-reactive ketones (excluding diaryl/α,β-unsaturated/α-hetero) is 2. The summed E-state index contributed by atoms with van der Waals surface area (Å²) in [6.07, 6.45) is 3.07. The summed E-state index contributed by atoms with van der Waals surface area (Å²) in [4.78, 5) is 36.0. The van der Waals surface area contributed by atoms with Gasteiger partial charge in [-0.25, -0.2) is 0 Å². The second-order valence-electron chi connectivity index (χ2n) is 8.84. The Labute approximate surface area is 179 Å². The van der Waals surface area contributed by atoms with Gasteiger partial charge in [0.25, 0.3) is 5.91 Å². The molecule has 9 heteroatoms. The van der Waals surface area contributed by atoms with E-state index in [1.54, 1.807) is 13.0 Å². The molecule has 4 rings (SSSR count). The molecule has 4 saturated heterocycles. The van der Waals surface area contributed by atoms with Gasteiger partial charge in [0.1, 0.15) is 17.4 Å². The summed E-state index contributed by atoms with van der Waals surface area (Å²) in [6.45, 7) is 6.84. The van der Waals surface area contributed by atoms with E-state index >= 15 is 0 Å². The number of allylic oxidation sites excluding steroid dienone is 3. The number of aliphatic hydroxyl groups excluding tert-OH is 2. The summed E-state index contributed by atoms with van der Waals surface area (Å²) in [5.74, 6) is -3.20. The highest BCUT2D eigenvalue weighted by Gasteiger charge is 2.78. The molecule has 0 aliphatic carbocycles. The third kappa shape index (κ3) is 3.27. The molecule has 1 amide bonds. The summed E-state index contributed by atoms with van der Waals surface area (Å²) in [6, 6.07) is 0. The van der Waals surface area contributed by atoms with Crippen LogP contribution in [0.15, 0.2) is 35.1 Å². The topological polar surface area (TPSA) is 135 Å². The van der Waals surface area contributed by atoms with E-state index in [1.165, 1.54) is 6.08 Å². The molecule has 9 nitrogen and oxygen atoms in total. The average molecular weight is 433 g/mol. The fourth-order valence-corrected chi connectivity index (χ4v) is 4.82. The minimum absolute atomic E-state index is 0.116. The zero-order valence-electron chi connectivity index (χ0n) is 17.9. The first-order chi connectivity index (χ1) is 14.5. The van der Waals surface area contributed by atoms with Gasteiger partial charge in [-0.2, -0.15) is 0 Å². The third-order valence-corrected chi connectivity index (χ3v) is 6.67. The van der Waals surface area contributed by atoms with Gasteiger partial charge in [-0.05, 0) is 19.9 Å². The zero-order valence-corrected chi connectivity index (χ0v) is 17.9. The lowest BCUT2D eigenvalue weighted by Crippen LogP contribution is -2.67. The van der Waals surface area contributed by atoms with Crippen LogP contribution < -0.4 is 5.32 Å². The number of nitrogens with one attached hydrogen (secondary N) is 1. The van der Waals surface area contributed by atoms with E-state index in [9.17, 15) is 24.6 Å². The molecule has 0 radical (unpaired) electrons. The molecular weight excluding hydrogens is 406 g/mol.